The predicted molar refractivity (Wildman–Crippen MR) is 70.9 cm³/mol. The van der Waals surface area contributed by atoms with E-state index in [9.17, 15) is 4.39 Å². The van der Waals surface area contributed by atoms with Crippen LogP contribution in [0.1, 0.15) is 24.0 Å². The first-order valence-electron chi connectivity index (χ1n) is 5.94. The molecule has 0 unspecified atom stereocenters. The van der Waals surface area contributed by atoms with Crippen LogP contribution in [-0.4, -0.2) is 24.3 Å². The Bertz CT molecular complexity index is 433. The van der Waals surface area contributed by atoms with Gasteiger partial charge in [0.05, 0.1) is 12.7 Å². The molecule has 2 N–H and O–H groups in total. The van der Waals surface area contributed by atoms with Crippen LogP contribution in [0.2, 0.25) is 0 Å². The van der Waals surface area contributed by atoms with E-state index in [0.29, 0.717) is 6.61 Å². The van der Waals surface area contributed by atoms with E-state index in [1.165, 1.54) is 6.07 Å². The summed E-state index contributed by atoms with van der Waals surface area (Å²) in [6.07, 6.45) is 2.03. The van der Waals surface area contributed by atoms with Gasteiger partial charge in [0.2, 0.25) is 0 Å². The van der Waals surface area contributed by atoms with Crippen molar-refractivity contribution in [3.8, 4) is 0 Å². The molecular weight excluding hydrogens is 253 g/mol. The second-order valence-corrected chi connectivity index (χ2v) is 4.74. The highest BCUT2D eigenvalue weighted by Crippen LogP contribution is 2.15. The first-order chi connectivity index (χ1) is 8.66. The average molecular weight is 269 g/mol. The molecule has 5 heteroatoms. The predicted octanol–water partition coefficient (Wildman–Crippen LogP) is 2.16. The molecule has 3 nitrogen and oxygen atoms in total. The van der Waals surface area contributed by atoms with Crippen molar-refractivity contribution >= 4 is 17.2 Å². The molecule has 1 aliphatic heterocycles. The fourth-order valence-electron chi connectivity index (χ4n) is 1.91. The minimum atomic E-state index is -0.391. The Hall–Kier alpha value is -1.04. The first-order valence-corrected chi connectivity index (χ1v) is 6.35. The third-order valence-corrected chi connectivity index (χ3v) is 3.17. The van der Waals surface area contributed by atoms with Gasteiger partial charge in [0.15, 0.2) is 0 Å². The van der Waals surface area contributed by atoms with Crippen molar-refractivity contribution < 1.29 is 13.9 Å². The molecule has 0 aliphatic carbocycles. The maximum Gasteiger partial charge on any atom is 0.133 e. The number of rotatable bonds is 4. The van der Waals surface area contributed by atoms with Crippen LogP contribution in [0.3, 0.4) is 0 Å². The van der Waals surface area contributed by atoms with Crippen molar-refractivity contribution in [2.75, 3.05) is 13.2 Å². The van der Waals surface area contributed by atoms with Gasteiger partial charge in [-0.25, -0.2) is 4.39 Å². The molecular formula is C13H16FNO2S. The first kappa shape index (κ1) is 13.4. The molecule has 0 saturated carbocycles. The minimum Gasteiger partial charge on any atom is -0.389 e. The topological polar surface area (TPSA) is 44.5 Å². The third-order valence-electron chi connectivity index (χ3n) is 2.95. The summed E-state index contributed by atoms with van der Waals surface area (Å²) < 4.78 is 24.4. The zero-order valence-corrected chi connectivity index (χ0v) is 10.8. The van der Waals surface area contributed by atoms with E-state index in [2.05, 4.69) is 0 Å². The Morgan fingerprint density at radius 1 is 1.44 bits per heavy atom. The molecule has 18 heavy (non-hydrogen) atoms. The Labute approximate surface area is 111 Å². The SMILES string of the molecule is NC(=S)c1cc(COC2CCOCC2)ccc1F. The van der Waals surface area contributed by atoms with Crippen LogP contribution < -0.4 is 5.73 Å². The molecule has 1 aliphatic rings. The van der Waals surface area contributed by atoms with Gasteiger partial charge >= 0.3 is 0 Å². The number of hydrogen-bond acceptors (Lipinski definition) is 3. The summed E-state index contributed by atoms with van der Waals surface area (Å²) in [4.78, 5) is 0.0698. The molecule has 0 aromatic heterocycles. The van der Waals surface area contributed by atoms with Gasteiger partial charge in [-0.3, -0.25) is 0 Å². The monoisotopic (exact) mass is 269 g/mol. The second kappa shape index (κ2) is 6.22. The van der Waals surface area contributed by atoms with E-state index < -0.39 is 5.82 Å². The van der Waals surface area contributed by atoms with Crippen LogP contribution in [-0.2, 0) is 16.1 Å². The Balaban J connectivity index is 1.96. The van der Waals surface area contributed by atoms with Crippen LogP contribution in [0, 0.1) is 5.82 Å². The quantitative estimate of drug-likeness (QED) is 0.851. The lowest BCUT2D eigenvalue weighted by molar-refractivity contribution is -0.0390. The lowest BCUT2D eigenvalue weighted by Crippen LogP contribution is -2.23. The van der Waals surface area contributed by atoms with Gasteiger partial charge in [-0.1, -0.05) is 18.3 Å². The van der Waals surface area contributed by atoms with Gasteiger partial charge in [-0.15, -0.1) is 0 Å². The van der Waals surface area contributed by atoms with Crippen LogP contribution in [0.25, 0.3) is 0 Å². The molecule has 0 radical (unpaired) electrons. The minimum absolute atomic E-state index is 0.0698. The molecule has 0 atom stereocenters. The van der Waals surface area contributed by atoms with E-state index in [4.69, 9.17) is 27.4 Å². The standard InChI is InChI=1S/C13H16FNO2S/c14-12-2-1-9(7-11(12)13(15)18)8-17-10-3-5-16-6-4-10/h1-2,7,10H,3-6,8H2,(H2,15,18). The van der Waals surface area contributed by atoms with Crippen molar-refractivity contribution in [1.82, 2.24) is 0 Å². The molecule has 1 aromatic rings. The van der Waals surface area contributed by atoms with Gasteiger partial charge in [-0.2, -0.15) is 0 Å². The molecule has 98 valence electrons. The number of hydrogen-bond donors (Lipinski definition) is 1. The Morgan fingerprint density at radius 2 is 2.17 bits per heavy atom. The van der Waals surface area contributed by atoms with Gasteiger partial charge in [0.1, 0.15) is 10.8 Å². The van der Waals surface area contributed by atoms with Crippen LogP contribution in [0.4, 0.5) is 4.39 Å². The summed E-state index contributed by atoms with van der Waals surface area (Å²) >= 11 is 4.80. The Kier molecular flexibility index (Phi) is 4.63. The maximum atomic E-state index is 13.4. The van der Waals surface area contributed by atoms with Crippen molar-refractivity contribution in [3.63, 3.8) is 0 Å². The van der Waals surface area contributed by atoms with E-state index in [0.717, 1.165) is 31.6 Å². The zero-order chi connectivity index (χ0) is 13.0. The number of thiocarbonyl (C=S) groups is 1. The van der Waals surface area contributed by atoms with E-state index >= 15 is 0 Å². The normalized spacial score (nSPS) is 16.7. The van der Waals surface area contributed by atoms with Gasteiger partial charge in [0.25, 0.3) is 0 Å². The number of benzene rings is 1. The third kappa shape index (κ3) is 3.48. The fourth-order valence-corrected chi connectivity index (χ4v) is 2.06. The molecule has 1 aromatic carbocycles. The highest BCUT2D eigenvalue weighted by atomic mass is 32.1. The second-order valence-electron chi connectivity index (χ2n) is 4.30. The van der Waals surface area contributed by atoms with Crippen LogP contribution in [0.15, 0.2) is 18.2 Å². The lowest BCUT2D eigenvalue weighted by Gasteiger charge is -2.22. The summed E-state index contributed by atoms with van der Waals surface area (Å²) in [6.45, 7) is 1.93. The zero-order valence-electron chi connectivity index (χ0n) is 10.0. The summed E-state index contributed by atoms with van der Waals surface area (Å²) in [5.41, 5.74) is 6.61. The number of halogens is 1. The number of nitrogens with two attached hydrogens (primary N) is 1. The largest absolute Gasteiger partial charge is 0.389 e. The molecule has 1 saturated heterocycles. The number of ether oxygens (including phenoxy) is 2. The highest BCUT2D eigenvalue weighted by Gasteiger charge is 2.14. The van der Waals surface area contributed by atoms with Crippen molar-refractivity contribution in [1.29, 1.82) is 0 Å². The van der Waals surface area contributed by atoms with E-state index in [1.807, 2.05) is 0 Å². The summed E-state index contributed by atoms with van der Waals surface area (Å²) in [5.74, 6) is -0.391. The fraction of sp³-hybridized carbons (Fsp3) is 0.462. The summed E-state index contributed by atoms with van der Waals surface area (Å²) in [5, 5.41) is 0. The smallest absolute Gasteiger partial charge is 0.133 e. The molecule has 1 fully saturated rings. The lowest BCUT2D eigenvalue weighted by atomic mass is 10.1. The van der Waals surface area contributed by atoms with E-state index in [-0.39, 0.29) is 16.7 Å². The van der Waals surface area contributed by atoms with Crippen LogP contribution >= 0.6 is 12.2 Å². The van der Waals surface area contributed by atoms with Crippen molar-refractivity contribution in [3.05, 3.63) is 35.1 Å². The highest BCUT2D eigenvalue weighted by molar-refractivity contribution is 7.80. The molecule has 2 rings (SSSR count). The summed E-state index contributed by atoms with van der Waals surface area (Å²) in [6, 6.07) is 4.71. The summed E-state index contributed by atoms with van der Waals surface area (Å²) in [7, 11) is 0. The molecule has 0 amide bonds. The van der Waals surface area contributed by atoms with Gasteiger partial charge < -0.3 is 15.2 Å². The van der Waals surface area contributed by atoms with Gasteiger partial charge in [0, 0.05) is 18.8 Å². The average Bonchev–Trinajstić information content (AvgIpc) is 2.38. The van der Waals surface area contributed by atoms with Crippen molar-refractivity contribution in [2.24, 2.45) is 5.73 Å². The molecule has 0 bridgehead atoms. The van der Waals surface area contributed by atoms with Crippen molar-refractivity contribution in [2.45, 2.75) is 25.6 Å². The van der Waals surface area contributed by atoms with Crippen LogP contribution in [0.5, 0.6) is 0 Å². The van der Waals surface area contributed by atoms with E-state index in [1.54, 1.807) is 12.1 Å². The van der Waals surface area contributed by atoms with Gasteiger partial charge in [-0.05, 0) is 30.5 Å². The Morgan fingerprint density at radius 3 is 2.83 bits per heavy atom. The molecule has 1 heterocycles. The molecule has 0 spiro atoms. The maximum absolute atomic E-state index is 13.4.